The smallest absolute Gasteiger partial charge is 0.0989 e. The van der Waals surface area contributed by atoms with E-state index in [0.29, 0.717) is 0 Å². The first-order valence-corrected chi connectivity index (χ1v) is 8.90. The van der Waals surface area contributed by atoms with Gasteiger partial charge >= 0.3 is 0 Å². The minimum Gasteiger partial charge on any atom is -0.395 e. The monoisotopic (exact) mass is 321 g/mol. The topological polar surface area (TPSA) is 72.7 Å². The summed E-state index contributed by atoms with van der Waals surface area (Å²) in [6.07, 6.45) is 6.26. The predicted octanol–water partition coefficient (Wildman–Crippen LogP) is 1.93. The lowest BCUT2D eigenvalue weighted by Crippen LogP contribution is -2.36. The first-order valence-electron chi connectivity index (χ1n) is 8.90. The Balaban J connectivity index is 1.52. The van der Waals surface area contributed by atoms with E-state index in [-0.39, 0.29) is 18.7 Å². The van der Waals surface area contributed by atoms with Gasteiger partial charge in [-0.25, -0.2) is 0 Å². The summed E-state index contributed by atoms with van der Waals surface area (Å²) < 4.78 is 0. The second-order valence-electron chi connectivity index (χ2n) is 6.84. The first-order chi connectivity index (χ1) is 11.1. The molecule has 0 aliphatic carbocycles. The summed E-state index contributed by atoms with van der Waals surface area (Å²) in [6.45, 7) is 1.98. The number of unbranched alkanes of at least 4 members (excludes halogenated alkanes) is 4. The molecule has 0 aromatic heterocycles. The molecule has 4 nitrogen and oxygen atoms in total. The number of rotatable bonds is 9. The second kappa shape index (κ2) is 9.38. The molecule has 23 heavy (non-hydrogen) atoms. The zero-order valence-corrected chi connectivity index (χ0v) is 14.1. The van der Waals surface area contributed by atoms with Crippen LogP contribution in [0.4, 0.5) is 0 Å². The highest BCUT2D eigenvalue weighted by Crippen LogP contribution is 2.19. The minimum absolute atomic E-state index is 0.0882. The van der Waals surface area contributed by atoms with Crippen molar-refractivity contribution in [3.63, 3.8) is 0 Å². The Kier molecular flexibility index (Phi) is 7.50. The van der Waals surface area contributed by atoms with Crippen LogP contribution in [0.25, 0.3) is 0 Å². The fourth-order valence-electron chi connectivity index (χ4n) is 3.34. The molecule has 1 fully saturated rings. The average molecular weight is 321 g/mol. The summed E-state index contributed by atoms with van der Waals surface area (Å²) in [7, 11) is 0. The zero-order valence-electron chi connectivity index (χ0n) is 14.1. The van der Waals surface area contributed by atoms with Crippen LogP contribution >= 0.6 is 0 Å². The number of benzene rings is 1. The van der Waals surface area contributed by atoms with Gasteiger partial charge in [-0.05, 0) is 31.7 Å². The molecular formula is C19H31NO3. The van der Waals surface area contributed by atoms with Crippen LogP contribution in [0.1, 0.15) is 49.7 Å². The maximum Gasteiger partial charge on any atom is 0.0989 e. The maximum absolute atomic E-state index is 9.92. The van der Waals surface area contributed by atoms with E-state index in [4.69, 9.17) is 5.11 Å². The van der Waals surface area contributed by atoms with Gasteiger partial charge in [0.15, 0.2) is 0 Å². The van der Waals surface area contributed by atoms with Crippen LogP contribution in [-0.4, -0.2) is 46.2 Å². The molecule has 4 atom stereocenters. The van der Waals surface area contributed by atoms with E-state index in [9.17, 15) is 10.2 Å². The normalized spacial score (nSPS) is 27.5. The van der Waals surface area contributed by atoms with Crippen molar-refractivity contribution < 1.29 is 15.3 Å². The lowest BCUT2D eigenvalue weighted by Gasteiger charge is -2.15. The van der Waals surface area contributed by atoms with Gasteiger partial charge in [0.1, 0.15) is 0 Å². The number of aryl methyl sites for hydroxylation is 2. The number of nitrogens with one attached hydrogen (secondary N) is 1. The molecule has 0 spiro atoms. The zero-order chi connectivity index (χ0) is 16.7. The molecule has 1 saturated heterocycles. The van der Waals surface area contributed by atoms with Crippen molar-refractivity contribution in [1.82, 2.24) is 5.32 Å². The van der Waals surface area contributed by atoms with Crippen molar-refractivity contribution in [2.75, 3.05) is 6.61 Å². The van der Waals surface area contributed by atoms with Gasteiger partial charge in [-0.15, -0.1) is 0 Å². The molecule has 4 N–H and O–H groups in total. The molecule has 0 unspecified atom stereocenters. The molecule has 1 aliphatic rings. The first kappa shape index (κ1) is 18.4. The van der Waals surface area contributed by atoms with E-state index in [1.807, 2.05) is 0 Å². The summed E-state index contributed by atoms with van der Waals surface area (Å²) in [6, 6.07) is 8.29. The van der Waals surface area contributed by atoms with Crippen LogP contribution in [0.15, 0.2) is 24.3 Å². The molecule has 130 valence electrons. The van der Waals surface area contributed by atoms with Gasteiger partial charge in [0.2, 0.25) is 0 Å². The van der Waals surface area contributed by atoms with Crippen LogP contribution < -0.4 is 5.32 Å². The highest BCUT2D eigenvalue weighted by atomic mass is 16.3. The number of hydrogen-bond donors (Lipinski definition) is 4. The summed E-state index contributed by atoms with van der Waals surface area (Å²) in [5.41, 5.74) is 2.72. The molecule has 0 bridgehead atoms. The van der Waals surface area contributed by atoms with Crippen LogP contribution in [-0.2, 0) is 6.42 Å². The van der Waals surface area contributed by atoms with E-state index in [1.54, 1.807) is 0 Å². The van der Waals surface area contributed by atoms with Crippen LogP contribution in [0, 0.1) is 6.92 Å². The number of hydrogen-bond acceptors (Lipinski definition) is 4. The minimum atomic E-state index is -0.848. The Morgan fingerprint density at radius 3 is 2.13 bits per heavy atom. The van der Waals surface area contributed by atoms with E-state index in [2.05, 4.69) is 36.5 Å². The van der Waals surface area contributed by atoms with Crippen molar-refractivity contribution in [3.8, 4) is 0 Å². The Morgan fingerprint density at radius 1 is 0.870 bits per heavy atom. The van der Waals surface area contributed by atoms with E-state index in [0.717, 1.165) is 25.7 Å². The molecule has 0 radical (unpaired) electrons. The second-order valence-corrected chi connectivity index (χ2v) is 6.84. The van der Waals surface area contributed by atoms with Crippen molar-refractivity contribution in [1.29, 1.82) is 0 Å². The summed E-state index contributed by atoms with van der Waals surface area (Å²) in [5, 5.41) is 31.9. The largest absolute Gasteiger partial charge is 0.395 e. The third-order valence-corrected chi connectivity index (χ3v) is 4.90. The summed E-state index contributed by atoms with van der Waals surface area (Å²) >= 11 is 0. The van der Waals surface area contributed by atoms with Crippen molar-refractivity contribution in [2.24, 2.45) is 0 Å². The molecule has 4 heteroatoms. The lowest BCUT2D eigenvalue weighted by atomic mass is 10.0. The number of aliphatic hydroxyl groups excluding tert-OH is 3. The molecule has 1 heterocycles. The Bertz CT molecular complexity index is 448. The lowest BCUT2D eigenvalue weighted by molar-refractivity contribution is 0.0186. The van der Waals surface area contributed by atoms with Crippen molar-refractivity contribution in [3.05, 3.63) is 35.4 Å². The molecule has 0 amide bonds. The molecular weight excluding hydrogens is 290 g/mol. The van der Waals surface area contributed by atoms with Gasteiger partial charge in [-0.3, -0.25) is 0 Å². The van der Waals surface area contributed by atoms with Gasteiger partial charge in [0.05, 0.1) is 24.9 Å². The van der Waals surface area contributed by atoms with E-state index >= 15 is 0 Å². The van der Waals surface area contributed by atoms with Gasteiger partial charge in [-0.2, -0.15) is 0 Å². The molecule has 1 aliphatic heterocycles. The predicted molar refractivity (Wildman–Crippen MR) is 92.4 cm³/mol. The quantitative estimate of drug-likeness (QED) is 0.525. The van der Waals surface area contributed by atoms with Crippen LogP contribution in [0.2, 0.25) is 0 Å². The number of aliphatic hydroxyl groups is 3. The third kappa shape index (κ3) is 5.57. The van der Waals surface area contributed by atoms with Crippen molar-refractivity contribution >= 4 is 0 Å². The van der Waals surface area contributed by atoms with Gasteiger partial charge < -0.3 is 20.6 Å². The Labute approximate surface area is 139 Å². The van der Waals surface area contributed by atoms with Gasteiger partial charge in [-0.1, -0.05) is 55.5 Å². The van der Waals surface area contributed by atoms with Crippen molar-refractivity contribution in [2.45, 2.75) is 76.2 Å². The molecule has 0 saturated carbocycles. The van der Waals surface area contributed by atoms with Gasteiger partial charge in [0, 0.05) is 6.04 Å². The Hall–Kier alpha value is -0.940. The average Bonchev–Trinajstić information content (AvgIpc) is 2.83. The highest BCUT2D eigenvalue weighted by molar-refractivity contribution is 5.21. The molecule has 1 aromatic carbocycles. The molecule has 2 rings (SSSR count). The maximum atomic E-state index is 9.92. The SMILES string of the molecule is Cc1ccc(CCCCCCC[C@H]2N[C@H](CO)[C@@H](O)[C@@H]2O)cc1. The summed E-state index contributed by atoms with van der Waals surface area (Å²) in [5.74, 6) is 0. The van der Waals surface area contributed by atoms with Gasteiger partial charge in [0.25, 0.3) is 0 Å². The highest BCUT2D eigenvalue weighted by Gasteiger charge is 2.39. The molecule has 1 aromatic rings. The van der Waals surface area contributed by atoms with Crippen LogP contribution in [0.5, 0.6) is 0 Å². The fourth-order valence-corrected chi connectivity index (χ4v) is 3.34. The standard InChI is InChI=1S/C19H31NO3/c1-14-9-11-15(12-10-14)7-5-3-2-4-6-8-16-18(22)19(23)17(13-21)20-16/h9-12,16-23H,2-8,13H2,1H3/t16-,17-,18-,19-/m1/s1. The summed E-state index contributed by atoms with van der Waals surface area (Å²) in [4.78, 5) is 0. The van der Waals surface area contributed by atoms with E-state index < -0.39 is 12.2 Å². The van der Waals surface area contributed by atoms with Crippen LogP contribution in [0.3, 0.4) is 0 Å². The van der Waals surface area contributed by atoms with E-state index in [1.165, 1.54) is 30.4 Å². The third-order valence-electron chi connectivity index (χ3n) is 4.90. The Morgan fingerprint density at radius 2 is 1.48 bits per heavy atom. The fraction of sp³-hybridized carbons (Fsp3) is 0.684.